The van der Waals surface area contributed by atoms with Crippen LogP contribution in [0.2, 0.25) is 0 Å². The lowest BCUT2D eigenvalue weighted by Crippen LogP contribution is -1.97. The van der Waals surface area contributed by atoms with Gasteiger partial charge >= 0.3 is 0 Å². The molecule has 21 heavy (non-hydrogen) atoms. The third kappa shape index (κ3) is 1.76. The summed E-state index contributed by atoms with van der Waals surface area (Å²) in [5, 5.41) is 14.0. The number of nitrogens with zero attached hydrogens (tertiary/aromatic N) is 4. The van der Waals surface area contributed by atoms with Gasteiger partial charge in [-0.2, -0.15) is 9.61 Å². The van der Waals surface area contributed by atoms with E-state index in [1.165, 1.54) is 4.52 Å². The summed E-state index contributed by atoms with van der Waals surface area (Å²) >= 11 is 0. The number of rotatable bonds is 1. The highest BCUT2D eigenvalue weighted by molar-refractivity contribution is 5.93. The first-order valence-electron chi connectivity index (χ1n) is 6.28. The number of hydrogen-bond acceptors (Lipinski definition) is 3. The third-order valence-electron chi connectivity index (χ3n) is 3.32. The molecule has 0 aliphatic carbocycles. The molecule has 2 aromatic heterocycles. The molecule has 4 aromatic rings. The summed E-state index contributed by atoms with van der Waals surface area (Å²) in [5.41, 5.74) is 0.539. The topological polar surface area (TPSA) is 43.1 Å². The Kier molecular flexibility index (Phi) is 2.44. The van der Waals surface area contributed by atoms with Crippen LogP contribution < -0.4 is 0 Å². The van der Waals surface area contributed by atoms with Crippen LogP contribution in [0.1, 0.15) is 0 Å². The molecule has 0 saturated carbocycles. The zero-order chi connectivity index (χ0) is 14.4. The molecule has 0 spiro atoms. The van der Waals surface area contributed by atoms with Crippen LogP contribution in [0.4, 0.5) is 8.78 Å². The number of hydrogen-bond donors (Lipinski definition) is 0. The van der Waals surface area contributed by atoms with Crippen molar-refractivity contribution in [2.24, 2.45) is 0 Å². The Morgan fingerprint density at radius 3 is 2.71 bits per heavy atom. The van der Waals surface area contributed by atoms with Gasteiger partial charge in [0.05, 0.1) is 11.8 Å². The predicted molar refractivity (Wildman–Crippen MR) is 73.6 cm³/mol. The van der Waals surface area contributed by atoms with E-state index in [1.807, 2.05) is 24.3 Å². The Bertz CT molecular complexity index is 978. The van der Waals surface area contributed by atoms with Crippen LogP contribution >= 0.6 is 0 Å². The maximum absolute atomic E-state index is 13.9. The molecule has 0 atom stereocenters. The molecule has 0 fully saturated rings. The molecule has 0 amide bonds. The Balaban J connectivity index is 2.07. The largest absolute Gasteiger partial charge is 0.207 e. The first-order valence-corrected chi connectivity index (χ1v) is 6.28. The van der Waals surface area contributed by atoms with Crippen LogP contribution in [-0.2, 0) is 0 Å². The van der Waals surface area contributed by atoms with Gasteiger partial charge < -0.3 is 0 Å². The highest BCUT2D eigenvalue weighted by atomic mass is 19.1. The van der Waals surface area contributed by atoms with Gasteiger partial charge in [0, 0.05) is 10.8 Å². The summed E-state index contributed by atoms with van der Waals surface area (Å²) in [6.45, 7) is 0. The number of aromatic nitrogens is 4. The smallest absolute Gasteiger partial charge is 0.188 e. The Morgan fingerprint density at radius 1 is 0.952 bits per heavy atom. The molecule has 4 nitrogen and oxygen atoms in total. The molecular weight excluding hydrogens is 274 g/mol. The van der Waals surface area contributed by atoms with E-state index in [4.69, 9.17) is 0 Å². The lowest BCUT2D eigenvalue weighted by Gasteiger charge is -2.02. The van der Waals surface area contributed by atoms with Crippen molar-refractivity contribution in [2.45, 2.75) is 0 Å². The second kappa shape index (κ2) is 4.31. The molecule has 0 aliphatic rings. The van der Waals surface area contributed by atoms with E-state index in [-0.39, 0.29) is 11.4 Å². The lowest BCUT2D eigenvalue weighted by molar-refractivity contribution is 0.601. The standard InChI is InChI=1S/C15H8F2N4/c16-10-5-6-13(17)12(7-10)15-20-19-14-11-4-2-1-3-9(11)8-18-21(14)15/h1-8H. The van der Waals surface area contributed by atoms with Crippen molar-refractivity contribution in [1.82, 2.24) is 19.8 Å². The molecule has 2 heterocycles. The van der Waals surface area contributed by atoms with E-state index in [0.717, 1.165) is 29.0 Å². The van der Waals surface area contributed by atoms with Crippen molar-refractivity contribution in [1.29, 1.82) is 0 Å². The predicted octanol–water partition coefficient (Wildman–Crippen LogP) is 3.22. The van der Waals surface area contributed by atoms with Crippen LogP contribution in [-0.4, -0.2) is 19.8 Å². The van der Waals surface area contributed by atoms with E-state index in [0.29, 0.717) is 5.65 Å². The van der Waals surface area contributed by atoms with E-state index >= 15 is 0 Å². The molecule has 0 bridgehead atoms. The SMILES string of the molecule is Fc1ccc(F)c(-c2nnc3c4ccccc4cnn23)c1. The molecule has 0 N–H and O–H groups in total. The van der Waals surface area contributed by atoms with Crippen LogP contribution in [0.5, 0.6) is 0 Å². The number of halogens is 2. The molecule has 0 aliphatic heterocycles. The molecule has 2 aromatic carbocycles. The van der Waals surface area contributed by atoms with Crippen molar-refractivity contribution in [3.63, 3.8) is 0 Å². The molecule has 0 unspecified atom stereocenters. The van der Waals surface area contributed by atoms with E-state index in [1.54, 1.807) is 6.20 Å². The lowest BCUT2D eigenvalue weighted by atomic mass is 10.2. The third-order valence-corrected chi connectivity index (χ3v) is 3.32. The number of fused-ring (bicyclic) bond motifs is 3. The summed E-state index contributed by atoms with van der Waals surface area (Å²) in [4.78, 5) is 0. The molecule has 102 valence electrons. The summed E-state index contributed by atoms with van der Waals surface area (Å²) in [6.07, 6.45) is 1.65. The van der Waals surface area contributed by atoms with Gasteiger partial charge in [0.2, 0.25) is 0 Å². The van der Waals surface area contributed by atoms with Crippen LogP contribution in [0.25, 0.3) is 27.8 Å². The van der Waals surface area contributed by atoms with Gasteiger partial charge in [0.1, 0.15) is 11.6 Å². The van der Waals surface area contributed by atoms with Gasteiger partial charge in [-0.05, 0) is 18.2 Å². The zero-order valence-corrected chi connectivity index (χ0v) is 10.7. The fourth-order valence-corrected chi connectivity index (χ4v) is 2.33. The van der Waals surface area contributed by atoms with Crippen LogP contribution in [0.3, 0.4) is 0 Å². The second-order valence-electron chi connectivity index (χ2n) is 4.62. The molecular formula is C15H8F2N4. The minimum atomic E-state index is -0.569. The van der Waals surface area contributed by atoms with Crippen LogP contribution in [0.15, 0.2) is 48.7 Å². The monoisotopic (exact) mass is 282 g/mol. The Hall–Kier alpha value is -2.89. The molecule has 0 saturated heterocycles. The maximum atomic E-state index is 13.9. The van der Waals surface area contributed by atoms with Crippen molar-refractivity contribution in [3.8, 4) is 11.4 Å². The quantitative estimate of drug-likeness (QED) is 0.538. The van der Waals surface area contributed by atoms with Gasteiger partial charge in [-0.15, -0.1) is 10.2 Å². The van der Waals surface area contributed by atoms with E-state index in [2.05, 4.69) is 15.3 Å². The highest BCUT2D eigenvalue weighted by Crippen LogP contribution is 2.24. The van der Waals surface area contributed by atoms with Gasteiger partial charge in [-0.25, -0.2) is 8.78 Å². The number of benzene rings is 2. The summed E-state index contributed by atoms with van der Waals surface area (Å²) in [5.74, 6) is -0.933. The average molecular weight is 282 g/mol. The van der Waals surface area contributed by atoms with Crippen molar-refractivity contribution in [2.75, 3.05) is 0 Å². The molecule has 0 radical (unpaired) electrons. The first kappa shape index (κ1) is 11.9. The minimum Gasteiger partial charge on any atom is -0.207 e. The second-order valence-corrected chi connectivity index (χ2v) is 4.62. The summed E-state index contributed by atoms with van der Waals surface area (Å²) in [7, 11) is 0. The maximum Gasteiger partial charge on any atom is 0.188 e. The molecule has 4 rings (SSSR count). The first-order chi connectivity index (χ1) is 10.2. The Morgan fingerprint density at radius 2 is 1.81 bits per heavy atom. The normalized spacial score (nSPS) is 11.3. The van der Waals surface area contributed by atoms with Crippen molar-refractivity contribution < 1.29 is 8.78 Å². The fraction of sp³-hybridized carbons (Fsp3) is 0. The molecule has 6 heteroatoms. The average Bonchev–Trinajstić information content (AvgIpc) is 2.94. The highest BCUT2D eigenvalue weighted by Gasteiger charge is 2.15. The Labute approximate surface area is 117 Å². The van der Waals surface area contributed by atoms with Gasteiger partial charge in [0.15, 0.2) is 11.5 Å². The van der Waals surface area contributed by atoms with Gasteiger partial charge in [-0.3, -0.25) is 0 Å². The van der Waals surface area contributed by atoms with Gasteiger partial charge in [0.25, 0.3) is 0 Å². The van der Waals surface area contributed by atoms with Gasteiger partial charge in [-0.1, -0.05) is 24.3 Å². The zero-order valence-electron chi connectivity index (χ0n) is 10.7. The fourth-order valence-electron chi connectivity index (χ4n) is 2.33. The van der Waals surface area contributed by atoms with Crippen LogP contribution in [0, 0.1) is 11.6 Å². The van der Waals surface area contributed by atoms with Crippen molar-refractivity contribution >= 4 is 16.4 Å². The van der Waals surface area contributed by atoms with Crippen molar-refractivity contribution in [3.05, 3.63) is 60.3 Å². The summed E-state index contributed by atoms with van der Waals surface area (Å²) in [6, 6.07) is 10.8. The van der Waals surface area contributed by atoms with E-state index in [9.17, 15) is 8.78 Å². The van der Waals surface area contributed by atoms with E-state index < -0.39 is 11.6 Å². The minimum absolute atomic E-state index is 0.0327. The summed E-state index contributed by atoms with van der Waals surface area (Å²) < 4.78 is 28.7.